The van der Waals surface area contributed by atoms with Gasteiger partial charge in [0.1, 0.15) is 5.75 Å². The molecule has 0 unspecified atom stereocenters. The quantitative estimate of drug-likeness (QED) is 0.629. The van der Waals surface area contributed by atoms with Gasteiger partial charge >= 0.3 is 5.97 Å². The molecule has 0 saturated heterocycles. The summed E-state index contributed by atoms with van der Waals surface area (Å²) in [5, 5.41) is 9.15. The maximum atomic E-state index is 10.5. The zero-order valence-corrected chi connectivity index (χ0v) is 10.9. The fourth-order valence-corrected chi connectivity index (χ4v) is 1.46. The van der Waals surface area contributed by atoms with E-state index in [1.54, 1.807) is 18.2 Å². The molecule has 1 aromatic rings. The predicted molar refractivity (Wildman–Crippen MR) is 73.0 cm³/mol. The molecule has 1 aromatic carbocycles. The van der Waals surface area contributed by atoms with Crippen molar-refractivity contribution in [3.05, 3.63) is 47.0 Å². The van der Waals surface area contributed by atoms with E-state index < -0.39 is 5.97 Å². The van der Waals surface area contributed by atoms with Crippen LogP contribution in [0.25, 0.3) is 6.08 Å². The highest BCUT2D eigenvalue weighted by Gasteiger charge is 2.03. The van der Waals surface area contributed by atoms with Crippen molar-refractivity contribution in [2.75, 3.05) is 6.61 Å². The first-order valence-electron chi connectivity index (χ1n) is 5.47. The van der Waals surface area contributed by atoms with E-state index in [9.17, 15) is 4.79 Å². The van der Waals surface area contributed by atoms with Gasteiger partial charge in [-0.15, -0.1) is 6.58 Å². The third kappa shape index (κ3) is 5.06. The molecular formula is C14H15ClO3. The van der Waals surface area contributed by atoms with Gasteiger partial charge in [0.05, 0.1) is 6.61 Å². The number of carboxylic acids is 1. The van der Waals surface area contributed by atoms with Gasteiger partial charge in [0.25, 0.3) is 0 Å². The number of benzene rings is 1. The van der Waals surface area contributed by atoms with Crippen molar-refractivity contribution in [1.29, 1.82) is 0 Å². The number of aliphatic carboxylic acids is 1. The first kappa shape index (κ1) is 14.3. The summed E-state index contributed by atoms with van der Waals surface area (Å²) in [7, 11) is 0. The van der Waals surface area contributed by atoms with E-state index in [2.05, 4.69) is 6.58 Å². The van der Waals surface area contributed by atoms with Crippen molar-refractivity contribution in [3.8, 4) is 5.75 Å². The topological polar surface area (TPSA) is 46.5 Å². The Labute approximate surface area is 111 Å². The van der Waals surface area contributed by atoms with Crippen LogP contribution < -0.4 is 4.74 Å². The first-order valence-corrected chi connectivity index (χ1v) is 5.84. The lowest BCUT2D eigenvalue weighted by Gasteiger charge is -2.09. The Hall–Kier alpha value is -1.74. The van der Waals surface area contributed by atoms with E-state index in [-0.39, 0.29) is 0 Å². The third-order valence-corrected chi connectivity index (χ3v) is 2.40. The van der Waals surface area contributed by atoms with Gasteiger partial charge in [-0.3, -0.25) is 0 Å². The summed E-state index contributed by atoms with van der Waals surface area (Å²) < 4.78 is 5.57. The van der Waals surface area contributed by atoms with Crippen molar-refractivity contribution >= 4 is 23.6 Å². The van der Waals surface area contributed by atoms with Gasteiger partial charge in [-0.05, 0) is 31.2 Å². The molecule has 0 atom stereocenters. The van der Waals surface area contributed by atoms with Crippen molar-refractivity contribution in [3.63, 3.8) is 0 Å². The molecule has 1 rings (SSSR count). The Bertz CT molecular complexity index is 478. The smallest absolute Gasteiger partial charge is 0.328 e. The van der Waals surface area contributed by atoms with Gasteiger partial charge in [0.15, 0.2) is 0 Å². The Balaban J connectivity index is 2.82. The Morgan fingerprint density at radius 3 is 2.89 bits per heavy atom. The minimum Gasteiger partial charge on any atom is -0.493 e. The molecule has 4 heteroatoms. The van der Waals surface area contributed by atoms with Gasteiger partial charge in [0, 0.05) is 23.1 Å². The Morgan fingerprint density at radius 2 is 2.28 bits per heavy atom. The lowest BCUT2D eigenvalue weighted by molar-refractivity contribution is -0.131. The zero-order chi connectivity index (χ0) is 13.5. The molecule has 18 heavy (non-hydrogen) atoms. The number of carbonyl (C=O) groups is 1. The van der Waals surface area contributed by atoms with Crippen LogP contribution in [0.15, 0.2) is 36.4 Å². The molecule has 0 radical (unpaired) electrons. The maximum Gasteiger partial charge on any atom is 0.328 e. The number of ether oxygens (including phenoxy) is 1. The van der Waals surface area contributed by atoms with Crippen molar-refractivity contribution in [2.45, 2.75) is 13.3 Å². The number of rotatable bonds is 6. The standard InChI is InChI=1S/C14H15ClO3/c1-10(2)7-8-18-13-5-4-12(15)9-11(13)3-6-14(16)17/h3-6,9H,1,7-8H2,2H3,(H,16,17)/b6-3+. The molecule has 0 saturated carbocycles. The second-order valence-electron chi connectivity index (χ2n) is 3.91. The molecule has 0 fully saturated rings. The van der Waals surface area contributed by atoms with E-state index in [1.165, 1.54) is 6.08 Å². The van der Waals surface area contributed by atoms with E-state index in [4.69, 9.17) is 21.4 Å². The molecule has 3 nitrogen and oxygen atoms in total. The third-order valence-electron chi connectivity index (χ3n) is 2.16. The summed E-state index contributed by atoms with van der Waals surface area (Å²) in [4.78, 5) is 10.5. The Kier molecular flexibility index (Phi) is 5.46. The van der Waals surface area contributed by atoms with Crippen LogP contribution in [0.4, 0.5) is 0 Å². The van der Waals surface area contributed by atoms with Crippen LogP contribution >= 0.6 is 11.6 Å². The van der Waals surface area contributed by atoms with Gasteiger partial charge in [0.2, 0.25) is 0 Å². The monoisotopic (exact) mass is 266 g/mol. The molecule has 0 aromatic heterocycles. The largest absolute Gasteiger partial charge is 0.493 e. The molecule has 0 bridgehead atoms. The van der Waals surface area contributed by atoms with Crippen LogP contribution in [0.2, 0.25) is 5.02 Å². The number of carboxylic acid groups (broad SMARTS) is 1. The molecule has 0 amide bonds. The van der Waals surface area contributed by atoms with E-state index in [0.29, 0.717) is 22.9 Å². The predicted octanol–water partition coefficient (Wildman–Crippen LogP) is 3.78. The lowest BCUT2D eigenvalue weighted by atomic mass is 10.2. The summed E-state index contributed by atoms with van der Waals surface area (Å²) in [5.74, 6) is -0.402. The van der Waals surface area contributed by atoms with E-state index in [1.807, 2.05) is 6.92 Å². The summed E-state index contributed by atoms with van der Waals surface area (Å²) >= 11 is 5.87. The van der Waals surface area contributed by atoms with Crippen LogP contribution in [0.5, 0.6) is 5.75 Å². The van der Waals surface area contributed by atoms with Gasteiger partial charge in [-0.1, -0.05) is 17.2 Å². The summed E-state index contributed by atoms with van der Waals surface area (Å²) in [6, 6.07) is 5.09. The average Bonchev–Trinajstić information content (AvgIpc) is 2.28. The first-order chi connectivity index (χ1) is 8.49. The molecule has 0 aliphatic carbocycles. The van der Waals surface area contributed by atoms with Crippen molar-refractivity contribution in [1.82, 2.24) is 0 Å². The second kappa shape index (κ2) is 6.87. The number of hydrogen-bond acceptors (Lipinski definition) is 2. The molecule has 0 aliphatic heterocycles. The normalized spacial score (nSPS) is 10.6. The van der Waals surface area contributed by atoms with Crippen LogP contribution in [0.3, 0.4) is 0 Å². The maximum absolute atomic E-state index is 10.5. The SMILES string of the molecule is C=C(C)CCOc1ccc(Cl)cc1/C=C/C(=O)O. The summed E-state index contributed by atoms with van der Waals surface area (Å²) in [6.07, 6.45) is 3.27. The van der Waals surface area contributed by atoms with Gasteiger partial charge in [-0.25, -0.2) is 4.79 Å². The van der Waals surface area contributed by atoms with Crippen LogP contribution in [0.1, 0.15) is 18.9 Å². The number of halogens is 1. The second-order valence-corrected chi connectivity index (χ2v) is 4.35. The average molecular weight is 267 g/mol. The van der Waals surface area contributed by atoms with Crippen molar-refractivity contribution < 1.29 is 14.6 Å². The molecule has 0 aliphatic rings. The molecular weight excluding hydrogens is 252 g/mol. The number of hydrogen-bond donors (Lipinski definition) is 1. The van der Waals surface area contributed by atoms with Crippen LogP contribution in [0, 0.1) is 0 Å². The van der Waals surface area contributed by atoms with E-state index >= 15 is 0 Å². The molecule has 1 N–H and O–H groups in total. The molecule has 0 heterocycles. The van der Waals surface area contributed by atoms with Gasteiger partial charge in [-0.2, -0.15) is 0 Å². The summed E-state index contributed by atoms with van der Waals surface area (Å²) in [5.41, 5.74) is 1.68. The van der Waals surface area contributed by atoms with E-state index in [0.717, 1.165) is 18.1 Å². The zero-order valence-electron chi connectivity index (χ0n) is 10.1. The minimum absolute atomic E-state index is 0.505. The summed E-state index contributed by atoms with van der Waals surface area (Å²) in [6.45, 7) is 6.22. The van der Waals surface area contributed by atoms with Crippen LogP contribution in [-0.2, 0) is 4.79 Å². The lowest BCUT2D eigenvalue weighted by Crippen LogP contribution is -1.99. The van der Waals surface area contributed by atoms with Crippen molar-refractivity contribution in [2.24, 2.45) is 0 Å². The highest BCUT2D eigenvalue weighted by Crippen LogP contribution is 2.24. The highest BCUT2D eigenvalue weighted by atomic mass is 35.5. The fourth-order valence-electron chi connectivity index (χ4n) is 1.28. The minimum atomic E-state index is -1.01. The van der Waals surface area contributed by atoms with Crippen LogP contribution in [-0.4, -0.2) is 17.7 Å². The molecule has 0 spiro atoms. The fraction of sp³-hybridized carbons (Fsp3) is 0.214. The van der Waals surface area contributed by atoms with Gasteiger partial charge < -0.3 is 9.84 Å². The highest BCUT2D eigenvalue weighted by molar-refractivity contribution is 6.30. The Morgan fingerprint density at radius 1 is 1.56 bits per heavy atom. The molecule has 96 valence electrons.